The van der Waals surface area contributed by atoms with Crippen molar-refractivity contribution in [1.82, 2.24) is 0 Å². The first kappa shape index (κ1) is 14.1. The van der Waals surface area contributed by atoms with Crippen LogP contribution in [-0.4, -0.2) is 24.3 Å². The molecule has 0 aromatic rings. The lowest BCUT2D eigenvalue weighted by Gasteiger charge is -2.13. The highest BCUT2D eigenvalue weighted by Gasteiger charge is 2.23. The topological polar surface area (TPSA) is 102 Å². The number of hydrogen-bond donors (Lipinski definition) is 1. The minimum atomic E-state index is -1.28. The zero-order valence-corrected chi connectivity index (χ0v) is 9.28. The minimum Gasteiger partial charge on any atom is -0.428 e. The van der Waals surface area contributed by atoms with Gasteiger partial charge in [-0.3, -0.25) is 4.79 Å². The largest absolute Gasteiger partial charge is 0.428 e. The molecule has 1 unspecified atom stereocenters. The second-order valence-electron chi connectivity index (χ2n) is 3.55. The lowest BCUT2D eigenvalue weighted by Crippen LogP contribution is -2.37. The highest BCUT2D eigenvalue weighted by atomic mass is 16.7. The Kier molecular flexibility index (Phi) is 5.19. The molecule has 0 rings (SSSR count). The van der Waals surface area contributed by atoms with E-state index in [1.165, 1.54) is 13.8 Å². The summed E-state index contributed by atoms with van der Waals surface area (Å²) in [5, 5.41) is 8.55. The predicted octanol–water partition coefficient (Wildman–Crippen LogP) is 0.237. The number of nitrogens with two attached hydrogens (primary N) is 1. The van der Waals surface area contributed by atoms with E-state index in [0.717, 1.165) is 0 Å². The van der Waals surface area contributed by atoms with Crippen molar-refractivity contribution >= 4 is 11.9 Å². The van der Waals surface area contributed by atoms with Gasteiger partial charge in [0.15, 0.2) is 0 Å². The third-order valence-corrected chi connectivity index (χ3v) is 1.53. The van der Waals surface area contributed by atoms with E-state index < -0.39 is 24.3 Å². The first-order valence-electron chi connectivity index (χ1n) is 4.47. The quantitative estimate of drug-likeness (QED) is 0.409. The highest BCUT2D eigenvalue weighted by Crippen LogP contribution is 2.05. The van der Waals surface area contributed by atoms with E-state index in [2.05, 4.69) is 16.1 Å². The van der Waals surface area contributed by atoms with Crippen LogP contribution in [0.5, 0.6) is 0 Å². The molecule has 0 fully saturated rings. The van der Waals surface area contributed by atoms with E-state index >= 15 is 0 Å². The van der Waals surface area contributed by atoms with Crippen molar-refractivity contribution < 1.29 is 19.1 Å². The molecule has 0 aromatic carbocycles. The molecule has 6 nitrogen and oxygen atoms in total. The highest BCUT2D eigenvalue weighted by molar-refractivity contribution is 5.86. The van der Waals surface area contributed by atoms with Gasteiger partial charge in [-0.15, -0.1) is 0 Å². The predicted molar refractivity (Wildman–Crippen MR) is 54.7 cm³/mol. The number of nitriles is 1. The van der Waals surface area contributed by atoms with Crippen LogP contribution in [0.25, 0.3) is 0 Å². The number of rotatable bonds is 5. The zero-order valence-electron chi connectivity index (χ0n) is 9.28. The van der Waals surface area contributed by atoms with Gasteiger partial charge >= 0.3 is 11.9 Å². The molecule has 0 saturated carbocycles. The van der Waals surface area contributed by atoms with Crippen molar-refractivity contribution in [1.29, 1.82) is 5.26 Å². The van der Waals surface area contributed by atoms with Gasteiger partial charge in [-0.25, -0.2) is 4.79 Å². The molecule has 2 N–H and O–H groups in total. The molecule has 16 heavy (non-hydrogen) atoms. The van der Waals surface area contributed by atoms with Crippen molar-refractivity contribution in [2.45, 2.75) is 25.8 Å². The first-order valence-corrected chi connectivity index (χ1v) is 4.47. The molecule has 0 amide bonds. The van der Waals surface area contributed by atoms with Gasteiger partial charge in [0.05, 0.1) is 12.5 Å². The third-order valence-electron chi connectivity index (χ3n) is 1.53. The smallest absolute Gasteiger partial charge is 0.335 e. The Morgan fingerprint density at radius 3 is 2.50 bits per heavy atom. The summed E-state index contributed by atoms with van der Waals surface area (Å²) in [6, 6.07) is 1.74. The fraction of sp³-hybridized carbons (Fsp3) is 0.500. The molecule has 0 aliphatic heterocycles. The van der Waals surface area contributed by atoms with Crippen LogP contribution < -0.4 is 5.73 Å². The Morgan fingerprint density at radius 2 is 2.06 bits per heavy atom. The average molecular weight is 226 g/mol. The lowest BCUT2D eigenvalue weighted by atomic mass is 10.0. The zero-order chi connectivity index (χ0) is 12.8. The molecule has 6 heteroatoms. The normalized spacial score (nSPS) is 13.1. The number of ether oxygens (including phenoxy) is 2. The maximum absolute atomic E-state index is 11.1. The Morgan fingerprint density at radius 1 is 1.50 bits per heavy atom. The number of carbonyl (C=O) groups excluding carboxylic acids is 2. The van der Waals surface area contributed by atoms with E-state index in [-0.39, 0.29) is 12.0 Å². The fourth-order valence-corrected chi connectivity index (χ4v) is 0.662. The molecule has 0 radical (unpaired) electrons. The molecule has 0 aliphatic rings. The van der Waals surface area contributed by atoms with Gasteiger partial charge in [0.25, 0.3) is 0 Å². The van der Waals surface area contributed by atoms with Gasteiger partial charge in [-0.2, -0.15) is 5.26 Å². The van der Waals surface area contributed by atoms with Crippen LogP contribution in [0.3, 0.4) is 0 Å². The Balaban J connectivity index is 3.89. The van der Waals surface area contributed by atoms with Crippen LogP contribution in [-0.2, 0) is 19.1 Å². The lowest BCUT2D eigenvalue weighted by molar-refractivity contribution is -0.165. The van der Waals surface area contributed by atoms with E-state index in [9.17, 15) is 9.59 Å². The standard InChI is InChI=1S/C10H14N2O4/c1-7(2)9(14)16-6-15-8(13)4-10(3,12)5-11/h1,4,6,12H2,2-3H3. The monoisotopic (exact) mass is 226 g/mol. The van der Waals surface area contributed by atoms with E-state index in [1.807, 2.05) is 0 Å². The summed E-state index contributed by atoms with van der Waals surface area (Å²) in [6.07, 6.45) is -0.270. The molecule has 0 aliphatic carbocycles. The van der Waals surface area contributed by atoms with Crippen LogP contribution in [0.2, 0.25) is 0 Å². The summed E-state index contributed by atoms with van der Waals surface area (Å²) >= 11 is 0. The molecule has 88 valence electrons. The molecule has 0 heterocycles. The molecular weight excluding hydrogens is 212 g/mol. The molecule has 0 spiro atoms. The van der Waals surface area contributed by atoms with Crippen LogP contribution in [0.4, 0.5) is 0 Å². The summed E-state index contributed by atoms with van der Waals surface area (Å²) < 4.78 is 9.06. The summed E-state index contributed by atoms with van der Waals surface area (Å²) in [5.74, 6) is -1.36. The van der Waals surface area contributed by atoms with Gasteiger partial charge in [0.2, 0.25) is 6.79 Å². The Hall–Kier alpha value is -1.87. The number of esters is 2. The molecule has 0 aromatic heterocycles. The summed E-state index contributed by atoms with van der Waals surface area (Å²) in [4.78, 5) is 22.0. The van der Waals surface area contributed by atoms with Crippen LogP contribution in [0, 0.1) is 11.3 Å². The second kappa shape index (κ2) is 5.88. The van der Waals surface area contributed by atoms with Crippen molar-refractivity contribution in [3.63, 3.8) is 0 Å². The van der Waals surface area contributed by atoms with Gasteiger partial charge < -0.3 is 15.2 Å². The van der Waals surface area contributed by atoms with E-state index in [4.69, 9.17) is 11.0 Å². The number of hydrogen-bond acceptors (Lipinski definition) is 6. The molecule has 0 saturated heterocycles. The summed E-state index contributed by atoms with van der Waals surface area (Å²) in [6.45, 7) is 5.71. The Bertz CT molecular complexity index is 341. The minimum absolute atomic E-state index is 0.205. The van der Waals surface area contributed by atoms with Gasteiger partial charge in [0, 0.05) is 5.57 Å². The Labute approximate surface area is 93.6 Å². The van der Waals surface area contributed by atoms with E-state index in [1.54, 1.807) is 6.07 Å². The third kappa shape index (κ3) is 5.78. The average Bonchev–Trinajstić information content (AvgIpc) is 2.16. The maximum atomic E-state index is 11.1. The molecule has 1 atom stereocenters. The number of nitrogens with zero attached hydrogens (tertiary/aromatic N) is 1. The molecular formula is C10H14N2O4. The van der Waals surface area contributed by atoms with Crippen molar-refractivity contribution in [3.05, 3.63) is 12.2 Å². The van der Waals surface area contributed by atoms with Crippen molar-refractivity contribution in [2.75, 3.05) is 6.79 Å². The van der Waals surface area contributed by atoms with Crippen molar-refractivity contribution in [3.8, 4) is 6.07 Å². The maximum Gasteiger partial charge on any atom is 0.335 e. The summed E-state index contributed by atoms with van der Waals surface area (Å²) in [7, 11) is 0. The van der Waals surface area contributed by atoms with Crippen LogP contribution >= 0.6 is 0 Å². The summed E-state index contributed by atoms with van der Waals surface area (Å²) in [5.41, 5.74) is 4.34. The number of carbonyl (C=O) groups is 2. The van der Waals surface area contributed by atoms with E-state index in [0.29, 0.717) is 0 Å². The molecule has 0 bridgehead atoms. The van der Waals surface area contributed by atoms with Gasteiger partial charge in [0.1, 0.15) is 5.54 Å². The SMILES string of the molecule is C=C(C)C(=O)OCOC(=O)CC(C)(N)C#N. The van der Waals surface area contributed by atoms with Crippen LogP contribution in [0.15, 0.2) is 12.2 Å². The van der Waals surface area contributed by atoms with Gasteiger partial charge in [-0.05, 0) is 13.8 Å². The van der Waals surface area contributed by atoms with Crippen molar-refractivity contribution in [2.24, 2.45) is 5.73 Å². The fourth-order valence-electron chi connectivity index (χ4n) is 0.662. The van der Waals surface area contributed by atoms with Gasteiger partial charge in [-0.1, -0.05) is 6.58 Å². The first-order chi connectivity index (χ1) is 7.28. The second-order valence-corrected chi connectivity index (χ2v) is 3.55. The van der Waals surface area contributed by atoms with Crippen LogP contribution in [0.1, 0.15) is 20.3 Å².